The van der Waals surface area contributed by atoms with Crippen molar-refractivity contribution in [2.45, 2.75) is 51.4 Å². The van der Waals surface area contributed by atoms with E-state index in [2.05, 4.69) is 12.6 Å². The molecule has 0 aliphatic heterocycles. The molecule has 5 heteroatoms. The Kier molecular flexibility index (Phi) is 5.35. The lowest BCUT2D eigenvalue weighted by Crippen LogP contribution is -2.42. The molecule has 2 unspecified atom stereocenters. The number of carboxylic acid groups (broad SMARTS) is 1. The van der Waals surface area contributed by atoms with Gasteiger partial charge in [-0.2, -0.15) is 12.6 Å². The molecule has 4 nitrogen and oxygen atoms in total. The van der Waals surface area contributed by atoms with Crippen molar-refractivity contribution in [1.29, 1.82) is 0 Å². The maximum absolute atomic E-state index is 11.8. The van der Waals surface area contributed by atoms with Crippen LogP contribution in [0.5, 0.6) is 0 Å². The molecule has 0 saturated heterocycles. The van der Waals surface area contributed by atoms with E-state index in [4.69, 9.17) is 4.74 Å². The Balaban J connectivity index is 1.92. The third-order valence-corrected chi connectivity index (χ3v) is 5.09. The number of hydrogen-bond acceptors (Lipinski definition) is 4. The van der Waals surface area contributed by atoms with E-state index >= 15 is 0 Å². The van der Waals surface area contributed by atoms with Gasteiger partial charge in [0.15, 0.2) is 0 Å². The van der Waals surface area contributed by atoms with Crippen LogP contribution in [0.3, 0.4) is 0 Å². The van der Waals surface area contributed by atoms with Crippen molar-refractivity contribution >= 4 is 24.6 Å². The second-order valence-corrected chi connectivity index (χ2v) is 6.78. The van der Waals surface area contributed by atoms with Gasteiger partial charge >= 0.3 is 11.9 Å². The molecular weight excluding hydrogens is 276 g/mol. The summed E-state index contributed by atoms with van der Waals surface area (Å²) in [4.78, 5) is 23.1. The van der Waals surface area contributed by atoms with Gasteiger partial charge in [0.05, 0.1) is 18.4 Å². The second kappa shape index (κ2) is 6.83. The van der Waals surface area contributed by atoms with Crippen molar-refractivity contribution in [1.82, 2.24) is 0 Å². The first-order valence-electron chi connectivity index (χ1n) is 7.55. The van der Waals surface area contributed by atoms with Gasteiger partial charge in [0.1, 0.15) is 0 Å². The first kappa shape index (κ1) is 15.7. The van der Waals surface area contributed by atoms with Crippen LogP contribution in [0.15, 0.2) is 0 Å². The summed E-state index contributed by atoms with van der Waals surface area (Å²) in [5.41, 5.74) is -0.671. The highest BCUT2D eigenvalue weighted by molar-refractivity contribution is 7.80. The quantitative estimate of drug-likeness (QED) is 0.585. The van der Waals surface area contributed by atoms with Crippen molar-refractivity contribution in [2.75, 3.05) is 12.4 Å². The second-order valence-electron chi connectivity index (χ2n) is 6.34. The van der Waals surface area contributed by atoms with Crippen molar-refractivity contribution in [3.8, 4) is 0 Å². The minimum atomic E-state index is -0.709. The Hall–Kier alpha value is -0.710. The predicted octanol–water partition coefficient (Wildman–Crippen LogP) is 2.91. The van der Waals surface area contributed by atoms with Crippen LogP contribution < -0.4 is 0 Å². The summed E-state index contributed by atoms with van der Waals surface area (Å²) in [6.45, 7) is 0.221. The zero-order valence-electron chi connectivity index (χ0n) is 11.8. The summed E-state index contributed by atoms with van der Waals surface area (Å²) in [6.07, 6.45) is 6.99. The predicted molar refractivity (Wildman–Crippen MR) is 78.8 cm³/mol. The van der Waals surface area contributed by atoms with Gasteiger partial charge in [-0.1, -0.05) is 19.3 Å². The lowest BCUT2D eigenvalue weighted by Gasteiger charge is -2.44. The first-order chi connectivity index (χ1) is 9.55. The van der Waals surface area contributed by atoms with E-state index < -0.39 is 11.4 Å². The first-order valence-corrected chi connectivity index (χ1v) is 8.19. The molecular formula is C15H24O4S. The summed E-state index contributed by atoms with van der Waals surface area (Å²) in [7, 11) is 0. The Morgan fingerprint density at radius 1 is 1.25 bits per heavy atom. The Morgan fingerprint density at radius 2 is 1.90 bits per heavy atom. The highest BCUT2D eigenvalue weighted by Gasteiger charge is 2.47. The van der Waals surface area contributed by atoms with Crippen LogP contribution in [0.25, 0.3) is 0 Å². The molecule has 2 bridgehead atoms. The average Bonchev–Trinajstić information content (AvgIpc) is 2.38. The molecule has 2 saturated carbocycles. The van der Waals surface area contributed by atoms with Crippen LogP contribution in [-0.4, -0.2) is 29.4 Å². The fourth-order valence-electron chi connectivity index (χ4n) is 3.97. The number of rotatable bonds is 6. The van der Waals surface area contributed by atoms with E-state index in [9.17, 15) is 14.7 Å². The molecule has 2 fully saturated rings. The number of fused-ring (bicyclic) bond motifs is 2. The SMILES string of the molecule is O=C(CCS)OCCC1(C(=O)O)CC2CCCC(C2)C1. The third kappa shape index (κ3) is 3.68. The van der Waals surface area contributed by atoms with Gasteiger partial charge in [0, 0.05) is 5.75 Å². The van der Waals surface area contributed by atoms with Gasteiger partial charge in [0.25, 0.3) is 0 Å². The zero-order valence-corrected chi connectivity index (χ0v) is 12.7. The highest BCUT2D eigenvalue weighted by Crippen LogP contribution is 2.50. The van der Waals surface area contributed by atoms with Gasteiger partial charge in [-0.3, -0.25) is 9.59 Å². The standard InChI is InChI=1S/C15H24O4S/c16-13(4-7-20)19-6-5-15(14(17)18)9-11-2-1-3-12(8-11)10-15/h11-12,20H,1-10H2,(H,17,18). The third-order valence-electron chi connectivity index (χ3n) is 4.86. The molecule has 1 N–H and O–H groups in total. The fraction of sp³-hybridized carbons (Fsp3) is 0.867. The lowest BCUT2D eigenvalue weighted by atomic mass is 9.60. The van der Waals surface area contributed by atoms with Crippen LogP contribution in [0.2, 0.25) is 0 Å². The van der Waals surface area contributed by atoms with Crippen LogP contribution in [0, 0.1) is 17.3 Å². The van der Waals surface area contributed by atoms with Crippen LogP contribution in [-0.2, 0) is 14.3 Å². The summed E-state index contributed by atoms with van der Waals surface area (Å²) < 4.78 is 5.13. The smallest absolute Gasteiger partial charge is 0.309 e. The van der Waals surface area contributed by atoms with Gasteiger partial charge in [-0.05, 0) is 37.5 Å². The van der Waals surface area contributed by atoms with E-state index in [1.54, 1.807) is 0 Å². The van der Waals surface area contributed by atoms with Crippen molar-refractivity contribution < 1.29 is 19.4 Å². The summed E-state index contributed by atoms with van der Waals surface area (Å²) in [6, 6.07) is 0. The minimum absolute atomic E-state index is 0.221. The van der Waals surface area contributed by atoms with E-state index in [1.165, 1.54) is 12.8 Å². The molecule has 0 aromatic heterocycles. The molecule has 0 aromatic rings. The van der Waals surface area contributed by atoms with Gasteiger partial charge in [0.2, 0.25) is 0 Å². The maximum atomic E-state index is 11.8. The monoisotopic (exact) mass is 300 g/mol. The number of carbonyl (C=O) groups excluding carboxylic acids is 1. The Labute approximate surface area is 125 Å². The number of ether oxygens (including phenoxy) is 1. The van der Waals surface area contributed by atoms with E-state index in [0.717, 1.165) is 25.7 Å². The molecule has 0 aromatic carbocycles. The zero-order chi connectivity index (χ0) is 14.6. The summed E-state index contributed by atoms with van der Waals surface area (Å²) in [5.74, 6) is 0.571. The Bertz CT molecular complexity index is 357. The molecule has 20 heavy (non-hydrogen) atoms. The Morgan fingerprint density at radius 3 is 2.45 bits per heavy atom. The minimum Gasteiger partial charge on any atom is -0.481 e. The number of carboxylic acids is 1. The molecule has 2 aliphatic rings. The highest BCUT2D eigenvalue weighted by atomic mass is 32.1. The molecule has 2 aliphatic carbocycles. The molecule has 0 heterocycles. The van der Waals surface area contributed by atoms with Crippen LogP contribution in [0.4, 0.5) is 0 Å². The number of thiol groups is 1. The maximum Gasteiger partial charge on any atom is 0.309 e. The average molecular weight is 300 g/mol. The number of hydrogen-bond donors (Lipinski definition) is 2. The van der Waals surface area contributed by atoms with Gasteiger partial charge in [-0.25, -0.2) is 0 Å². The molecule has 0 radical (unpaired) electrons. The molecule has 0 spiro atoms. The molecule has 0 amide bonds. The van der Waals surface area contributed by atoms with Gasteiger partial charge < -0.3 is 9.84 Å². The van der Waals surface area contributed by atoms with Crippen molar-refractivity contribution in [3.63, 3.8) is 0 Å². The molecule has 2 rings (SSSR count). The topological polar surface area (TPSA) is 63.6 Å². The van der Waals surface area contributed by atoms with Crippen LogP contribution >= 0.6 is 12.6 Å². The fourth-order valence-corrected chi connectivity index (χ4v) is 4.15. The normalized spacial score (nSPS) is 32.6. The lowest BCUT2D eigenvalue weighted by molar-refractivity contribution is -0.159. The number of esters is 1. The summed E-state index contributed by atoms with van der Waals surface area (Å²) >= 11 is 3.98. The van der Waals surface area contributed by atoms with E-state index in [1.807, 2.05) is 0 Å². The van der Waals surface area contributed by atoms with E-state index in [0.29, 0.717) is 24.0 Å². The van der Waals surface area contributed by atoms with Gasteiger partial charge in [-0.15, -0.1) is 0 Å². The molecule has 114 valence electrons. The van der Waals surface area contributed by atoms with Crippen molar-refractivity contribution in [3.05, 3.63) is 0 Å². The number of aliphatic carboxylic acids is 1. The van der Waals surface area contributed by atoms with Crippen molar-refractivity contribution in [2.24, 2.45) is 17.3 Å². The van der Waals surface area contributed by atoms with E-state index in [-0.39, 0.29) is 19.0 Å². The summed E-state index contributed by atoms with van der Waals surface area (Å²) in [5, 5.41) is 9.66. The number of carbonyl (C=O) groups is 2. The molecule has 2 atom stereocenters. The largest absolute Gasteiger partial charge is 0.481 e. The van der Waals surface area contributed by atoms with Crippen LogP contribution in [0.1, 0.15) is 51.4 Å².